The zero-order valence-electron chi connectivity index (χ0n) is 13.2. The number of anilines is 1. The van der Waals surface area contributed by atoms with E-state index in [1.165, 1.54) is 0 Å². The lowest BCUT2D eigenvalue weighted by Gasteiger charge is -1.95. The van der Waals surface area contributed by atoms with Gasteiger partial charge in [-0.1, -0.05) is 47.5 Å². The molecule has 0 bridgehead atoms. The fourth-order valence-corrected chi connectivity index (χ4v) is 2.01. The summed E-state index contributed by atoms with van der Waals surface area (Å²) in [6.07, 6.45) is 4.93. The Kier molecular flexibility index (Phi) is 6.48. The molecule has 0 fully saturated rings. The molecule has 24 heavy (non-hydrogen) atoms. The standard InChI is InChI=1S/C20H18N2O2/c21-19-12-9-16(10-13-19)3-1-2-4-20(23)14-11-17-5-7-18(8-6-17)15-22-24/h1,3,5-10,12-13H,2,4,15,21H2/b3-1+. The summed E-state index contributed by atoms with van der Waals surface area (Å²) in [5.74, 6) is 5.36. The van der Waals surface area contributed by atoms with Crippen molar-refractivity contribution in [3.05, 3.63) is 76.2 Å². The number of rotatable bonds is 6. The van der Waals surface area contributed by atoms with Crippen molar-refractivity contribution in [1.29, 1.82) is 0 Å². The number of carbonyl (C=O) groups excluding carboxylic acids is 1. The van der Waals surface area contributed by atoms with Crippen LogP contribution in [0.5, 0.6) is 0 Å². The molecular formula is C20H18N2O2. The van der Waals surface area contributed by atoms with Gasteiger partial charge in [0.15, 0.2) is 0 Å². The molecule has 0 aliphatic carbocycles. The van der Waals surface area contributed by atoms with E-state index in [1.54, 1.807) is 24.3 Å². The number of carbonyl (C=O) groups is 1. The van der Waals surface area contributed by atoms with Crippen molar-refractivity contribution in [3.63, 3.8) is 0 Å². The second-order valence-corrected chi connectivity index (χ2v) is 5.27. The molecule has 0 radical (unpaired) electrons. The van der Waals surface area contributed by atoms with E-state index in [2.05, 4.69) is 17.0 Å². The number of nitroso groups, excluding NO2 is 1. The second-order valence-electron chi connectivity index (χ2n) is 5.27. The number of benzene rings is 2. The van der Waals surface area contributed by atoms with E-state index in [0.29, 0.717) is 12.8 Å². The van der Waals surface area contributed by atoms with Crippen molar-refractivity contribution in [2.24, 2.45) is 5.18 Å². The molecule has 0 aliphatic heterocycles. The van der Waals surface area contributed by atoms with Crippen LogP contribution in [0.25, 0.3) is 6.08 Å². The van der Waals surface area contributed by atoms with Gasteiger partial charge in [-0.2, -0.15) is 4.91 Å². The van der Waals surface area contributed by atoms with Crippen LogP contribution in [0.3, 0.4) is 0 Å². The maximum Gasteiger partial charge on any atom is 0.206 e. The summed E-state index contributed by atoms with van der Waals surface area (Å²) in [6.45, 7) is 0.146. The van der Waals surface area contributed by atoms with E-state index in [-0.39, 0.29) is 12.3 Å². The number of ketones is 1. The second kappa shape index (κ2) is 9.06. The van der Waals surface area contributed by atoms with Crippen LogP contribution in [0, 0.1) is 16.7 Å². The highest BCUT2D eigenvalue weighted by Gasteiger charge is 1.96. The van der Waals surface area contributed by atoms with Gasteiger partial charge < -0.3 is 5.73 Å². The van der Waals surface area contributed by atoms with Gasteiger partial charge in [-0.15, -0.1) is 0 Å². The SMILES string of the molecule is Nc1ccc(/C=C/CCC(=O)C#Cc2ccc(CN=O)cc2)cc1. The summed E-state index contributed by atoms with van der Waals surface area (Å²) in [6, 6.07) is 14.7. The van der Waals surface area contributed by atoms with Gasteiger partial charge in [-0.05, 0) is 47.7 Å². The predicted octanol–water partition coefficient (Wildman–Crippen LogP) is 3.95. The summed E-state index contributed by atoms with van der Waals surface area (Å²) in [4.78, 5) is 21.9. The normalized spacial score (nSPS) is 10.2. The van der Waals surface area contributed by atoms with Crippen LogP contribution in [0.1, 0.15) is 29.5 Å². The van der Waals surface area contributed by atoms with Crippen molar-refractivity contribution < 1.29 is 4.79 Å². The highest BCUT2D eigenvalue weighted by molar-refractivity contribution is 5.96. The van der Waals surface area contributed by atoms with Crippen molar-refractivity contribution in [1.82, 2.24) is 0 Å². The minimum absolute atomic E-state index is 0.101. The van der Waals surface area contributed by atoms with Crippen LogP contribution in [0.2, 0.25) is 0 Å². The van der Waals surface area contributed by atoms with E-state index < -0.39 is 0 Å². The molecule has 2 N–H and O–H groups in total. The molecule has 0 aliphatic rings. The third-order valence-corrected chi connectivity index (χ3v) is 3.33. The lowest BCUT2D eigenvalue weighted by Crippen LogP contribution is -1.91. The van der Waals surface area contributed by atoms with Crippen LogP contribution in [-0.2, 0) is 11.3 Å². The lowest BCUT2D eigenvalue weighted by molar-refractivity contribution is -0.113. The molecule has 0 atom stereocenters. The third kappa shape index (κ3) is 5.90. The Hall–Kier alpha value is -3.19. The first-order chi connectivity index (χ1) is 11.7. The first kappa shape index (κ1) is 17.2. The molecule has 0 unspecified atom stereocenters. The molecule has 4 nitrogen and oxygen atoms in total. The number of hydrogen-bond acceptors (Lipinski definition) is 4. The lowest BCUT2D eigenvalue weighted by atomic mass is 10.1. The van der Waals surface area contributed by atoms with Crippen LogP contribution in [0.15, 0.2) is 59.8 Å². The van der Waals surface area contributed by atoms with Crippen molar-refractivity contribution in [2.75, 3.05) is 5.73 Å². The number of allylic oxidation sites excluding steroid dienone is 1. The fourth-order valence-electron chi connectivity index (χ4n) is 2.01. The summed E-state index contributed by atoms with van der Waals surface area (Å²) in [5.41, 5.74) is 8.98. The van der Waals surface area contributed by atoms with Gasteiger partial charge in [-0.3, -0.25) is 4.79 Å². The van der Waals surface area contributed by atoms with E-state index in [1.807, 2.05) is 36.4 Å². The summed E-state index contributed by atoms with van der Waals surface area (Å²) in [7, 11) is 0. The minimum Gasteiger partial charge on any atom is -0.399 e. The largest absolute Gasteiger partial charge is 0.399 e. The first-order valence-corrected chi connectivity index (χ1v) is 7.62. The van der Waals surface area contributed by atoms with Crippen molar-refractivity contribution >= 4 is 17.5 Å². The van der Waals surface area contributed by atoms with Gasteiger partial charge in [-0.25, -0.2) is 0 Å². The Bertz CT molecular complexity index is 779. The highest BCUT2D eigenvalue weighted by Crippen LogP contribution is 2.08. The molecule has 2 rings (SSSR count). The van der Waals surface area contributed by atoms with Gasteiger partial charge in [0.25, 0.3) is 0 Å². The molecule has 0 saturated carbocycles. The first-order valence-electron chi connectivity index (χ1n) is 7.62. The van der Waals surface area contributed by atoms with Crippen LogP contribution >= 0.6 is 0 Å². The molecule has 0 saturated heterocycles. The van der Waals surface area contributed by atoms with Crippen LogP contribution < -0.4 is 5.73 Å². The number of hydrogen-bond donors (Lipinski definition) is 1. The maximum atomic E-state index is 11.8. The summed E-state index contributed by atoms with van der Waals surface area (Å²) < 4.78 is 0. The van der Waals surface area contributed by atoms with Gasteiger partial charge >= 0.3 is 0 Å². The van der Waals surface area contributed by atoms with Crippen LogP contribution in [0.4, 0.5) is 5.69 Å². The minimum atomic E-state index is -0.101. The van der Waals surface area contributed by atoms with E-state index in [9.17, 15) is 9.70 Å². The Morgan fingerprint density at radius 3 is 2.46 bits per heavy atom. The van der Waals surface area contributed by atoms with Gasteiger partial charge in [0.1, 0.15) is 6.54 Å². The Labute approximate surface area is 141 Å². The van der Waals surface area contributed by atoms with Gasteiger partial charge in [0, 0.05) is 17.7 Å². The van der Waals surface area contributed by atoms with E-state index >= 15 is 0 Å². The average molecular weight is 318 g/mol. The molecule has 0 aromatic heterocycles. The fraction of sp³-hybridized carbons (Fsp3) is 0.150. The van der Waals surface area contributed by atoms with E-state index in [0.717, 1.165) is 22.4 Å². The number of nitrogens with two attached hydrogens (primary N) is 1. The smallest absolute Gasteiger partial charge is 0.206 e. The molecular weight excluding hydrogens is 300 g/mol. The molecule has 2 aromatic carbocycles. The highest BCUT2D eigenvalue weighted by atomic mass is 16.3. The van der Waals surface area contributed by atoms with Crippen molar-refractivity contribution in [2.45, 2.75) is 19.4 Å². The Morgan fingerprint density at radius 1 is 1.08 bits per heavy atom. The molecule has 2 aromatic rings. The molecule has 0 heterocycles. The van der Waals surface area contributed by atoms with E-state index in [4.69, 9.17) is 5.73 Å². The van der Waals surface area contributed by atoms with Gasteiger partial charge in [0.2, 0.25) is 5.78 Å². The predicted molar refractivity (Wildman–Crippen MR) is 96.9 cm³/mol. The summed E-state index contributed by atoms with van der Waals surface area (Å²) >= 11 is 0. The number of Topliss-reactive ketones (excluding diaryl/α,β-unsaturated/α-hetero) is 1. The quantitative estimate of drug-likeness (QED) is 0.498. The monoisotopic (exact) mass is 318 g/mol. The van der Waals surface area contributed by atoms with Crippen LogP contribution in [-0.4, -0.2) is 5.78 Å². The number of nitrogen functional groups attached to an aromatic ring is 1. The third-order valence-electron chi connectivity index (χ3n) is 3.33. The Balaban J connectivity index is 1.81. The van der Waals surface area contributed by atoms with Gasteiger partial charge in [0.05, 0.1) is 0 Å². The molecule has 0 amide bonds. The Morgan fingerprint density at radius 2 is 1.79 bits per heavy atom. The summed E-state index contributed by atoms with van der Waals surface area (Å²) in [5, 5.41) is 2.82. The molecule has 0 spiro atoms. The zero-order valence-corrected chi connectivity index (χ0v) is 13.2. The maximum absolute atomic E-state index is 11.8. The molecule has 4 heteroatoms. The topological polar surface area (TPSA) is 72.5 Å². The van der Waals surface area contributed by atoms with Crippen molar-refractivity contribution in [3.8, 4) is 11.8 Å². The average Bonchev–Trinajstić information content (AvgIpc) is 2.60. The zero-order chi connectivity index (χ0) is 17.2. The number of nitrogens with zero attached hydrogens (tertiary/aromatic N) is 1. The molecule has 120 valence electrons.